The highest BCUT2D eigenvalue weighted by Crippen LogP contribution is 2.57. The lowest BCUT2D eigenvalue weighted by Gasteiger charge is -2.54. The molecule has 0 spiro atoms. The Hall–Kier alpha value is -0.570. The van der Waals surface area contributed by atoms with E-state index >= 15 is 0 Å². The zero-order chi connectivity index (χ0) is 18.9. The van der Waals surface area contributed by atoms with E-state index in [1.807, 2.05) is 0 Å². The van der Waals surface area contributed by atoms with Crippen molar-refractivity contribution in [3.05, 3.63) is 0 Å². The number of hydrogen-bond acceptors (Lipinski definition) is 3. The second-order valence-corrected chi connectivity index (χ2v) is 10.4. The van der Waals surface area contributed by atoms with E-state index < -0.39 is 6.10 Å². The molecule has 2 aliphatic rings. The van der Waals surface area contributed by atoms with Crippen molar-refractivity contribution in [3.8, 4) is 0 Å². The normalized spacial score (nSPS) is 32.2. The standard InChI is InChI=1S/C22H40O3/c1-7-22(14-13-17(20(2,3)4)21(5,6)15-22)18(23)19(24)25-16-11-9-8-10-12-16/h16-18,23H,7-15H2,1-6H3. The molecule has 146 valence electrons. The Bertz CT molecular complexity index is 456. The summed E-state index contributed by atoms with van der Waals surface area (Å²) in [5.74, 6) is 0.222. The first-order chi connectivity index (χ1) is 11.5. The molecule has 0 aromatic rings. The van der Waals surface area contributed by atoms with E-state index in [9.17, 15) is 9.90 Å². The van der Waals surface area contributed by atoms with Crippen molar-refractivity contribution in [2.24, 2.45) is 22.2 Å². The molecule has 2 saturated carbocycles. The third-order valence-electron chi connectivity index (χ3n) is 7.07. The molecule has 0 aromatic heterocycles. The summed E-state index contributed by atoms with van der Waals surface area (Å²) in [7, 11) is 0. The SMILES string of the molecule is CCC1(C(O)C(=O)OC2CCCCC2)CCC(C(C)(C)C)C(C)(C)C1. The quantitative estimate of drug-likeness (QED) is 0.680. The minimum absolute atomic E-state index is 0.0173. The smallest absolute Gasteiger partial charge is 0.335 e. The number of aliphatic hydroxyl groups is 1. The molecule has 0 heterocycles. The molecule has 3 nitrogen and oxygen atoms in total. The van der Waals surface area contributed by atoms with Crippen LogP contribution in [-0.4, -0.2) is 23.3 Å². The van der Waals surface area contributed by atoms with Gasteiger partial charge in [0, 0.05) is 5.41 Å². The van der Waals surface area contributed by atoms with Gasteiger partial charge in [-0.15, -0.1) is 0 Å². The van der Waals surface area contributed by atoms with E-state index in [1.165, 1.54) is 6.42 Å². The Balaban J connectivity index is 2.10. The van der Waals surface area contributed by atoms with E-state index in [0.717, 1.165) is 51.4 Å². The van der Waals surface area contributed by atoms with Crippen LogP contribution in [-0.2, 0) is 9.53 Å². The van der Waals surface area contributed by atoms with Crippen molar-refractivity contribution in [1.82, 2.24) is 0 Å². The zero-order valence-corrected chi connectivity index (χ0v) is 17.4. The molecule has 1 N–H and O–H groups in total. The Labute approximate surface area is 154 Å². The molecule has 2 aliphatic carbocycles. The van der Waals surface area contributed by atoms with Crippen molar-refractivity contribution in [2.45, 2.75) is 112 Å². The van der Waals surface area contributed by atoms with Crippen molar-refractivity contribution in [3.63, 3.8) is 0 Å². The maximum atomic E-state index is 12.7. The fourth-order valence-electron chi connectivity index (χ4n) is 5.94. The molecule has 3 unspecified atom stereocenters. The largest absolute Gasteiger partial charge is 0.460 e. The summed E-state index contributed by atoms with van der Waals surface area (Å²) in [5.41, 5.74) is 0.0204. The van der Waals surface area contributed by atoms with Crippen LogP contribution in [0.25, 0.3) is 0 Å². The summed E-state index contributed by atoms with van der Waals surface area (Å²) in [6.07, 6.45) is 8.13. The summed E-state index contributed by atoms with van der Waals surface area (Å²) in [5, 5.41) is 11.0. The highest BCUT2D eigenvalue weighted by atomic mass is 16.6. The molecule has 0 saturated heterocycles. The molecule has 3 heteroatoms. The van der Waals surface area contributed by atoms with Gasteiger partial charge in [0.15, 0.2) is 6.10 Å². The van der Waals surface area contributed by atoms with Gasteiger partial charge in [0.2, 0.25) is 0 Å². The van der Waals surface area contributed by atoms with Gasteiger partial charge < -0.3 is 9.84 Å². The van der Waals surface area contributed by atoms with E-state index in [1.54, 1.807) is 0 Å². The van der Waals surface area contributed by atoms with Crippen molar-refractivity contribution >= 4 is 5.97 Å². The molecule has 25 heavy (non-hydrogen) atoms. The maximum absolute atomic E-state index is 12.7. The number of aliphatic hydroxyl groups excluding tert-OH is 1. The van der Waals surface area contributed by atoms with Crippen molar-refractivity contribution in [2.75, 3.05) is 0 Å². The van der Waals surface area contributed by atoms with E-state index in [4.69, 9.17) is 4.74 Å². The van der Waals surface area contributed by atoms with Crippen LogP contribution in [0.3, 0.4) is 0 Å². The molecule has 0 bridgehead atoms. The van der Waals surface area contributed by atoms with Crippen molar-refractivity contribution < 1.29 is 14.6 Å². The molecule has 0 amide bonds. The molecule has 3 atom stereocenters. The number of esters is 1. The molecule has 2 rings (SSSR count). The van der Waals surface area contributed by atoms with Crippen LogP contribution in [0.5, 0.6) is 0 Å². The van der Waals surface area contributed by atoms with Crippen LogP contribution < -0.4 is 0 Å². The molecule has 0 aromatic carbocycles. The summed E-state index contributed by atoms with van der Waals surface area (Å²) in [6, 6.07) is 0. The van der Waals surface area contributed by atoms with Gasteiger partial charge in [-0.3, -0.25) is 0 Å². The molecule has 0 radical (unpaired) electrons. The summed E-state index contributed by atoms with van der Waals surface area (Å²) >= 11 is 0. The van der Waals surface area contributed by atoms with Crippen LogP contribution in [0, 0.1) is 22.2 Å². The topological polar surface area (TPSA) is 46.5 Å². The van der Waals surface area contributed by atoms with Gasteiger partial charge in [-0.1, -0.05) is 48.0 Å². The minimum Gasteiger partial charge on any atom is -0.460 e. The van der Waals surface area contributed by atoms with Gasteiger partial charge >= 0.3 is 5.97 Å². The molecule has 0 aliphatic heterocycles. The molecule has 2 fully saturated rings. The number of rotatable bonds is 4. The predicted molar refractivity (Wildman–Crippen MR) is 102 cm³/mol. The molecular formula is C22H40O3. The van der Waals surface area contributed by atoms with E-state index in [0.29, 0.717) is 5.92 Å². The van der Waals surface area contributed by atoms with E-state index in [-0.39, 0.29) is 28.3 Å². The van der Waals surface area contributed by atoms with Gasteiger partial charge in [0.25, 0.3) is 0 Å². The van der Waals surface area contributed by atoms with Gasteiger partial charge in [-0.2, -0.15) is 0 Å². The average Bonchev–Trinajstić information content (AvgIpc) is 2.52. The van der Waals surface area contributed by atoms with Crippen LogP contribution in [0.4, 0.5) is 0 Å². The van der Waals surface area contributed by atoms with Gasteiger partial charge in [0.1, 0.15) is 6.10 Å². The van der Waals surface area contributed by atoms with Gasteiger partial charge in [-0.05, 0) is 68.1 Å². The Kier molecular flexibility index (Phi) is 6.29. The van der Waals surface area contributed by atoms with E-state index in [2.05, 4.69) is 41.5 Å². The number of carbonyl (C=O) groups excluding carboxylic acids is 1. The number of hydrogen-bond donors (Lipinski definition) is 1. The zero-order valence-electron chi connectivity index (χ0n) is 17.4. The first-order valence-corrected chi connectivity index (χ1v) is 10.4. The minimum atomic E-state index is -0.986. The average molecular weight is 353 g/mol. The monoisotopic (exact) mass is 352 g/mol. The fourth-order valence-corrected chi connectivity index (χ4v) is 5.94. The Morgan fingerprint density at radius 1 is 1.16 bits per heavy atom. The number of ether oxygens (including phenoxy) is 1. The van der Waals surface area contributed by atoms with Crippen molar-refractivity contribution in [1.29, 1.82) is 0 Å². The second kappa shape index (κ2) is 7.58. The first kappa shape index (κ1) is 20.7. The maximum Gasteiger partial charge on any atom is 0.335 e. The summed E-state index contributed by atoms with van der Waals surface area (Å²) < 4.78 is 5.71. The first-order valence-electron chi connectivity index (χ1n) is 10.4. The molecular weight excluding hydrogens is 312 g/mol. The Morgan fingerprint density at radius 2 is 1.76 bits per heavy atom. The summed E-state index contributed by atoms with van der Waals surface area (Å²) in [6.45, 7) is 13.7. The van der Waals surface area contributed by atoms with Crippen LogP contribution >= 0.6 is 0 Å². The van der Waals surface area contributed by atoms with Gasteiger partial charge in [0.05, 0.1) is 0 Å². The highest BCUT2D eigenvalue weighted by Gasteiger charge is 2.52. The second-order valence-electron chi connectivity index (χ2n) is 10.4. The lowest BCUT2D eigenvalue weighted by molar-refractivity contribution is -0.175. The Morgan fingerprint density at radius 3 is 2.24 bits per heavy atom. The lowest BCUT2D eigenvalue weighted by atomic mass is 9.51. The van der Waals surface area contributed by atoms with Crippen LogP contribution in [0.15, 0.2) is 0 Å². The third-order valence-corrected chi connectivity index (χ3v) is 7.07. The number of carbonyl (C=O) groups is 1. The van der Waals surface area contributed by atoms with Crippen LogP contribution in [0.1, 0.15) is 99.3 Å². The third kappa shape index (κ3) is 4.59. The predicted octanol–water partition coefficient (Wildman–Crippen LogP) is 5.49. The van der Waals surface area contributed by atoms with Crippen LogP contribution in [0.2, 0.25) is 0 Å². The lowest BCUT2D eigenvalue weighted by Crippen LogP contribution is -2.51. The highest BCUT2D eigenvalue weighted by molar-refractivity contribution is 5.75. The fraction of sp³-hybridized carbons (Fsp3) is 0.955. The van der Waals surface area contributed by atoms with Gasteiger partial charge in [-0.25, -0.2) is 4.79 Å². The summed E-state index contributed by atoms with van der Waals surface area (Å²) in [4.78, 5) is 12.7.